The molecule has 0 spiro atoms. The van der Waals surface area contributed by atoms with Crippen LogP contribution in [-0.2, 0) is 4.79 Å². The van der Waals surface area contributed by atoms with Crippen molar-refractivity contribution in [2.75, 3.05) is 11.9 Å². The monoisotopic (exact) mass is 366 g/mol. The first-order valence-electron chi connectivity index (χ1n) is 8.39. The second kappa shape index (κ2) is 7.82. The Balaban J connectivity index is 1.66. The van der Waals surface area contributed by atoms with Gasteiger partial charge in [0.05, 0.1) is 24.0 Å². The summed E-state index contributed by atoms with van der Waals surface area (Å²) in [5.41, 5.74) is 4.00. The van der Waals surface area contributed by atoms with Crippen molar-refractivity contribution in [2.45, 2.75) is 13.8 Å². The van der Waals surface area contributed by atoms with Crippen LogP contribution in [0.2, 0.25) is 0 Å². The summed E-state index contributed by atoms with van der Waals surface area (Å²) in [6, 6.07) is 11.4. The number of hydrogen-bond donors (Lipinski definition) is 3. The van der Waals surface area contributed by atoms with Gasteiger partial charge in [0.15, 0.2) is 0 Å². The number of para-hydroxylation sites is 1. The maximum Gasteiger partial charge on any atom is 0.255 e. The number of amides is 2. The zero-order valence-corrected chi connectivity index (χ0v) is 15.0. The Labute approximate surface area is 155 Å². The standard InChI is InChI=1S/C20H19FN4O2/c1-12-4-3-5-13(2)18(12)24-17(26)11-22-20(27)16-10-23-25-19(16)14-6-8-15(21)9-7-14/h3-10H,11H2,1-2H3,(H,22,27)(H,23,25)(H,24,26). The number of H-pyrrole nitrogens is 1. The minimum absolute atomic E-state index is 0.180. The van der Waals surface area contributed by atoms with E-state index in [9.17, 15) is 14.0 Å². The molecule has 0 aliphatic heterocycles. The van der Waals surface area contributed by atoms with Crippen LogP contribution in [0.15, 0.2) is 48.7 Å². The zero-order valence-electron chi connectivity index (χ0n) is 15.0. The quantitative estimate of drug-likeness (QED) is 0.648. The third-order valence-electron chi connectivity index (χ3n) is 4.17. The summed E-state index contributed by atoms with van der Waals surface area (Å²) in [4.78, 5) is 24.6. The molecule has 3 N–H and O–H groups in total. The van der Waals surface area contributed by atoms with E-state index in [1.807, 2.05) is 32.0 Å². The molecule has 0 aliphatic rings. The molecule has 3 rings (SSSR count). The van der Waals surface area contributed by atoms with Gasteiger partial charge in [0.1, 0.15) is 5.82 Å². The number of nitrogens with one attached hydrogen (secondary N) is 3. The molecular formula is C20H19FN4O2. The lowest BCUT2D eigenvalue weighted by molar-refractivity contribution is -0.115. The molecule has 0 radical (unpaired) electrons. The number of hydrogen-bond acceptors (Lipinski definition) is 3. The van der Waals surface area contributed by atoms with Crippen LogP contribution in [0.5, 0.6) is 0 Å². The van der Waals surface area contributed by atoms with Crippen molar-refractivity contribution >= 4 is 17.5 Å². The highest BCUT2D eigenvalue weighted by Gasteiger charge is 2.16. The summed E-state index contributed by atoms with van der Waals surface area (Å²) in [5, 5.41) is 12.0. The smallest absolute Gasteiger partial charge is 0.255 e. The van der Waals surface area contributed by atoms with Crippen LogP contribution in [0.4, 0.5) is 10.1 Å². The molecule has 138 valence electrons. The molecule has 0 atom stereocenters. The molecule has 0 fully saturated rings. The molecule has 1 aromatic heterocycles. The first-order valence-corrected chi connectivity index (χ1v) is 8.39. The zero-order chi connectivity index (χ0) is 19.4. The van der Waals surface area contributed by atoms with E-state index in [1.165, 1.54) is 18.3 Å². The van der Waals surface area contributed by atoms with Crippen LogP contribution in [0.3, 0.4) is 0 Å². The lowest BCUT2D eigenvalue weighted by Gasteiger charge is -2.12. The van der Waals surface area contributed by atoms with Crippen molar-refractivity contribution in [3.63, 3.8) is 0 Å². The van der Waals surface area contributed by atoms with Gasteiger partial charge in [-0.3, -0.25) is 14.7 Å². The molecule has 1 heterocycles. The van der Waals surface area contributed by atoms with Crippen molar-refractivity contribution in [3.05, 3.63) is 71.2 Å². The maximum atomic E-state index is 13.1. The summed E-state index contributed by atoms with van der Waals surface area (Å²) in [5.74, 6) is -1.14. The van der Waals surface area contributed by atoms with E-state index in [0.29, 0.717) is 11.3 Å². The molecule has 27 heavy (non-hydrogen) atoms. The van der Waals surface area contributed by atoms with Crippen LogP contribution >= 0.6 is 0 Å². The summed E-state index contributed by atoms with van der Waals surface area (Å²) in [6.45, 7) is 3.63. The Hall–Kier alpha value is -3.48. The van der Waals surface area contributed by atoms with E-state index in [2.05, 4.69) is 20.8 Å². The fraction of sp³-hybridized carbons (Fsp3) is 0.150. The van der Waals surface area contributed by atoms with Gasteiger partial charge in [-0.05, 0) is 49.2 Å². The number of benzene rings is 2. The molecule has 6 nitrogen and oxygen atoms in total. The van der Waals surface area contributed by atoms with E-state index in [-0.39, 0.29) is 23.8 Å². The van der Waals surface area contributed by atoms with Gasteiger partial charge in [0.25, 0.3) is 5.91 Å². The lowest BCUT2D eigenvalue weighted by atomic mass is 10.1. The predicted octanol–water partition coefficient (Wildman–Crippen LogP) is 3.20. The van der Waals surface area contributed by atoms with E-state index in [1.54, 1.807) is 12.1 Å². The topological polar surface area (TPSA) is 86.9 Å². The third-order valence-corrected chi connectivity index (χ3v) is 4.17. The number of nitrogens with zero attached hydrogens (tertiary/aromatic N) is 1. The normalized spacial score (nSPS) is 10.5. The van der Waals surface area contributed by atoms with Gasteiger partial charge in [-0.2, -0.15) is 5.10 Å². The summed E-state index contributed by atoms with van der Waals surface area (Å²) in [6.07, 6.45) is 1.37. The van der Waals surface area contributed by atoms with E-state index in [4.69, 9.17) is 0 Å². The van der Waals surface area contributed by atoms with Crippen molar-refractivity contribution in [1.82, 2.24) is 15.5 Å². The molecular weight excluding hydrogens is 347 g/mol. The molecule has 2 amide bonds. The van der Waals surface area contributed by atoms with Gasteiger partial charge in [-0.15, -0.1) is 0 Å². The van der Waals surface area contributed by atoms with E-state index >= 15 is 0 Å². The molecule has 0 aliphatic carbocycles. The number of anilines is 1. The van der Waals surface area contributed by atoms with Gasteiger partial charge in [0.2, 0.25) is 5.91 Å². The number of carbonyl (C=O) groups excluding carboxylic acids is 2. The van der Waals surface area contributed by atoms with Crippen LogP contribution in [0.1, 0.15) is 21.5 Å². The number of carbonyl (C=O) groups is 2. The van der Waals surface area contributed by atoms with E-state index < -0.39 is 5.91 Å². The number of halogens is 1. The Morgan fingerprint density at radius 3 is 2.41 bits per heavy atom. The number of aryl methyl sites for hydroxylation is 2. The van der Waals surface area contributed by atoms with Crippen molar-refractivity contribution in [1.29, 1.82) is 0 Å². The number of aromatic nitrogens is 2. The minimum Gasteiger partial charge on any atom is -0.343 e. The summed E-state index contributed by atoms with van der Waals surface area (Å²) in [7, 11) is 0. The fourth-order valence-electron chi connectivity index (χ4n) is 2.75. The molecule has 7 heteroatoms. The summed E-state index contributed by atoms with van der Waals surface area (Å²) < 4.78 is 13.1. The van der Waals surface area contributed by atoms with E-state index in [0.717, 1.165) is 16.8 Å². The Bertz CT molecular complexity index is 960. The van der Waals surface area contributed by atoms with Crippen LogP contribution in [-0.4, -0.2) is 28.6 Å². The number of aromatic amines is 1. The Kier molecular flexibility index (Phi) is 5.30. The van der Waals surface area contributed by atoms with Crippen LogP contribution < -0.4 is 10.6 Å². The van der Waals surface area contributed by atoms with Crippen molar-refractivity contribution in [2.24, 2.45) is 0 Å². The molecule has 3 aromatic rings. The SMILES string of the molecule is Cc1cccc(C)c1NC(=O)CNC(=O)c1cn[nH]c1-c1ccc(F)cc1. The van der Waals surface area contributed by atoms with Gasteiger partial charge >= 0.3 is 0 Å². The first kappa shape index (κ1) is 18.3. The molecule has 0 unspecified atom stereocenters. The lowest BCUT2D eigenvalue weighted by Crippen LogP contribution is -2.33. The van der Waals surface area contributed by atoms with Gasteiger partial charge < -0.3 is 10.6 Å². The molecule has 2 aromatic carbocycles. The molecule has 0 bridgehead atoms. The first-order chi connectivity index (χ1) is 13.0. The predicted molar refractivity (Wildman–Crippen MR) is 101 cm³/mol. The largest absolute Gasteiger partial charge is 0.343 e. The highest BCUT2D eigenvalue weighted by atomic mass is 19.1. The van der Waals surface area contributed by atoms with Gasteiger partial charge in [0, 0.05) is 11.3 Å². The molecule has 0 saturated heterocycles. The van der Waals surface area contributed by atoms with Crippen LogP contribution in [0, 0.1) is 19.7 Å². The Morgan fingerprint density at radius 2 is 1.74 bits per heavy atom. The third kappa shape index (κ3) is 4.20. The number of rotatable bonds is 5. The Morgan fingerprint density at radius 1 is 1.07 bits per heavy atom. The second-order valence-electron chi connectivity index (χ2n) is 6.16. The second-order valence-corrected chi connectivity index (χ2v) is 6.16. The van der Waals surface area contributed by atoms with Crippen LogP contribution in [0.25, 0.3) is 11.3 Å². The average Bonchev–Trinajstić information content (AvgIpc) is 3.13. The van der Waals surface area contributed by atoms with Crippen molar-refractivity contribution in [3.8, 4) is 11.3 Å². The van der Waals surface area contributed by atoms with Gasteiger partial charge in [-0.25, -0.2) is 4.39 Å². The highest BCUT2D eigenvalue weighted by Crippen LogP contribution is 2.21. The van der Waals surface area contributed by atoms with Gasteiger partial charge in [-0.1, -0.05) is 18.2 Å². The minimum atomic E-state index is -0.445. The summed E-state index contributed by atoms with van der Waals surface area (Å²) >= 11 is 0. The average molecular weight is 366 g/mol. The highest BCUT2D eigenvalue weighted by molar-refractivity contribution is 6.02. The van der Waals surface area contributed by atoms with Crippen molar-refractivity contribution < 1.29 is 14.0 Å². The maximum absolute atomic E-state index is 13.1. The fourth-order valence-corrected chi connectivity index (χ4v) is 2.75. The molecule has 0 saturated carbocycles.